The largest absolute Gasteiger partial charge is 0.516 e. The van der Waals surface area contributed by atoms with Crippen LogP contribution < -0.4 is 0 Å². The van der Waals surface area contributed by atoms with E-state index < -0.39 is 0 Å². The van der Waals surface area contributed by atoms with E-state index in [1.165, 1.54) is 12.2 Å². The Balaban J connectivity index is 2.68. The summed E-state index contributed by atoms with van der Waals surface area (Å²) in [5.74, 6) is -0.360. The van der Waals surface area contributed by atoms with Gasteiger partial charge >= 0.3 is 0 Å². The van der Waals surface area contributed by atoms with Crippen LogP contribution in [-0.2, 0) is 0 Å². The van der Waals surface area contributed by atoms with Gasteiger partial charge in [0.1, 0.15) is 0 Å². The van der Waals surface area contributed by atoms with Gasteiger partial charge in [-0.1, -0.05) is 30.3 Å². The summed E-state index contributed by atoms with van der Waals surface area (Å²) in [6.07, 6.45) is 5.23. The predicted octanol–water partition coefficient (Wildman–Crippen LogP) is 3.01. The molecule has 0 unspecified atom stereocenters. The molecule has 0 fully saturated rings. The second kappa shape index (κ2) is 4.84. The number of aliphatic hydroxyl groups is 1. The Hall–Kier alpha value is -2.42. The summed E-state index contributed by atoms with van der Waals surface area (Å²) in [5.41, 5.74) is 1.52. The van der Waals surface area contributed by atoms with Crippen LogP contribution in [0.3, 0.4) is 0 Å². The number of carbonyl (C=O) groups excluding carboxylic acids is 2. The Labute approximate surface area is 105 Å². The molecule has 2 rings (SSSR count). The summed E-state index contributed by atoms with van der Waals surface area (Å²) in [6, 6.07) is 6.75. The maximum absolute atomic E-state index is 12.3. The van der Waals surface area contributed by atoms with Gasteiger partial charge in [0.25, 0.3) is 0 Å². The van der Waals surface area contributed by atoms with Gasteiger partial charge in [-0.25, -0.2) is 0 Å². The highest BCUT2D eigenvalue weighted by Crippen LogP contribution is 2.29. The molecule has 1 aromatic carbocycles. The van der Waals surface area contributed by atoms with Gasteiger partial charge < -0.3 is 5.11 Å². The van der Waals surface area contributed by atoms with Gasteiger partial charge in [-0.15, -0.1) is 0 Å². The average Bonchev–Trinajstić information content (AvgIpc) is 2.41. The van der Waals surface area contributed by atoms with Gasteiger partial charge in [0.2, 0.25) is 0 Å². The second-order valence-corrected chi connectivity index (χ2v) is 3.83. The fraction of sp³-hybridized carbons (Fsp3) is 0.0667. The van der Waals surface area contributed by atoms with Crippen molar-refractivity contribution < 1.29 is 14.7 Å². The molecule has 0 heterocycles. The molecule has 0 radical (unpaired) electrons. The lowest BCUT2D eigenvalue weighted by Gasteiger charge is -2.18. The highest BCUT2D eigenvalue weighted by Gasteiger charge is 2.30. The molecule has 1 N–H and O–H groups in total. The number of hydrogen-bond acceptors (Lipinski definition) is 3. The normalized spacial score (nSPS) is 19.8. The molecule has 0 amide bonds. The van der Waals surface area contributed by atoms with Crippen LogP contribution in [0.5, 0.6) is 0 Å². The van der Waals surface area contributed by atoms with Crippen molar-refractivity contribution in [1.29, 1.82) is 0 Å². The molecule has 18 heavy (non-hydrogen) atoms. The van der Waals surface area contributed by atoms with Crippen LogP contribution in [0, 0.1) is 0 Å². The number of allylic oxidation sites excluding steroid dienone is 5. The zero-order valence-electron chi connectivity index (χ0n) is 9.88. The molecule has 0 atom stereocenters. The number of Topliss-reactive ketones (excluding diaryl/α,β-unsaturated/α-hetero) is 2. The van der Waals surface area contributed by atoms with Crippen LogP contribution in [0.15, 0.2) is 59.9 Å². The minimum Gasteiger partial charge on any atom is -0.516 e. The Morgan fingerprint density at radius 1 is 1.00 bits per heavy atom. The third-order valence-electron chi connectivity index (χ3n) is 2.83. The van der Waals surface area contributed by atoms with Crippen molar-refractivity contribution in [1.82, 2.24) is 0 Å². The van der Waals surface area contributed by atoms with Gasteiger partial charge in [0, 0.05) is 22.3 Å². The van der Waals surface area contributed by atoms with E-state index in [1.807, 2.05) is 0 Å². The fourth-order valence-electron chi connectivity index (χ4n) is 2.01. The monoisotopic (exact) mass is 240 g/mol. The van der Waals surface area contributed by atoms with Crippen LogP contribution in [0.25, 0.3) is 0 Å². The lowest BCUT2D eigenvalue weighted by molar-refractivity contribution is 0.0972. The van der Waals surface area contributed by atoms with Crippen molar-refractivity contribution in [2.45, 2.75) is 6.92 Å². The van der Waals surface area contributed by atoms with Crippen molar-refractivity contribution in [3.8, 4) is 0 Å². The van der Waals surface area contributed by atoms with E-state index in [0.29, 0.717) is 22.3 Å². The average molecular weight is 240 g/mol. The summed E-state index contributed by atoms with van der Waals surface area (Å²) >= 11 is 0. The lowest BCUT2D eigenvalue weighted by atomic mass is 9.82. The Bertz CT molecular complexity index is 604. The van der Waals surface area contributed by atoms with Crippen molar-refractivity contribution >= 4 is 11.6 Å². The van der Waals surface area contributed by atoms with E-state index in [4.69, 9.17) is 5.11 Å². The van der Waals surface area contributed by atoms with Crippen molar-refractivity contribution in [3.05, 3.63) is 71.0 Å². The van der Waals surface area contributed by atoms with E-state index >= 15 is 0 Å². The zero-order valence-corrected chi connectivity index (χ0v) is 9.88. The van der Waals surface area contributed by atoms with E-state index in [0.717, 1.165) is 6.26 Å². The quantitative estimate of drug-likeness (QED) is 0.606. The van der Waals surface area contributed by atoms with E-state index in [1.54, 1.807) is 37.3 Å². The molecule has 0 saturated carbocycles. The standard InChI is InChI=1S/C15H12O3/c1-2-10-11(8-5-9-16)15(18)13-7-4-3-6-12(13)14(10)17/h2-9,16H,1H3/b9-5?,10-2+,11-8+. The molecular formula is C15H12O3. The highest BCUT2D eigenvalue weighted by atomic mass is 16.2. The molecule has 0 aliphatic heterocycles. The minimum absolute atomic E-state index is 0.162. The summed E-state index contributed by atoms with van der Waals surface area (Å²) in [6.45, 7) is 1.71. The van der Waals surface area contributed by atoms with Crippen LogP contribution in [0.1, 0.15) is 27.6 Å². The number of rotatable bonds is 1. The molecule has 90 valence electrons. The number of ketones is 2. The molecule has 3 nitrogen and oxygen atoms in total. The summed E-state index contributed by atoms with van der Waals surface area (Å²) in [7, 11) is 0. The molecule has 3 heteroatoms. The summed E-state index contributed by atoms with van der Waals surface area (Å²) in [5, 5.41) is 8.66. The van der Waals surface area contributed by atoms with Crippen LogP contribution >= 0.6 is 0 Å². The third-order valence-corrected chi connectivity index (χ3v) is 2.83. The number of benzene rings is 1. The topological polar surface area (TPSA) is 54.4 Å². The highest BCUT2D eigenvalue weighted by molar-refractivity contribution is 6.31. The van der Waals surface area contributed by atoms with Crippen molar-refractivity contribution in [2.75, 3.05) is 0 Å². The van der Waals surface area contributed by atoms with Crippen LogP contribution in [0.2, 0.25) is 0 Å². The van der Waals surface area contributed by atoms with Gasteiger partial charge in [-0.3, -0.25) is 9.59 Å². The summed E-state index contributed by atoms with van der Waals surface area (Å²) < 4.78 is 0. The molecular weight excluding hydrogens is 228 g/mol. The van der Waals surface area contributed by atoms with Crippen molar-refractivity contribution in [2.24, 2.45) is 0 Å². The number of carbonyl (C=O) groups is 2. The number of aliphatic hydroxyl groups excluding tert-OH is 1. The van der Waals surface area contributed by atoms with E-state index in [2.05, 4.69) is 0 Å². The Morgan fingerprint density at radius 2 is 1.56 bits per heavy atom. The second-order valence-electron chi connectivity index (χ2n) is 3.83. The van der Waals surface area contributed by atoms with Crippen molar-refractivity contribution in [3.63, 3.8) is 0 Å². The molecule has 1 aliphatic rings. The van der Waals surface area contributed by atoms with Crippen LogP contribution in [-0.4, -0.2) is 16.7 Å². The first-order valence-electron chi connectivity index (χ1n) is 5.57. The van der Waals surface area contributed by atoms with Gasteiger partial charge in [0.05, 0.1) is 6.26 Å². The number of fused-ring (bicyclic) bond motifs is 1. The Morgan fingerprint density at radius 3 is 2.06 bits per heavy atom. The molecule has 0 bridgehead atoms. The zero-order chi connectivity index (χ0) is 13.1. The third kappa shape index (κ3) is 1.80. The van der Waals surface area contributed by atoms with E-state index in [9.17, 15) is 9.59 Å². The number of hydrogen-bond donors (Lipinski definition) is 1. The molecule has 1 aromatic rings. The smallest absolute Gasteiger partial charge is 0.194 e. The Kier molecular flexibility index (Phi) is 3.24. The molecule has 1 aliphatic carbocycles. The molecule has 0 spiro atoms. The van der Waals surface area contributed by atoms with E-state index in [-0.39, 0.29) is 11.6 Å². The van der Waals surface area contributed by atoms with Gasteiger partial charge in [-0.05, 0) is 19.1 Å². The molecule has 0 aromatic heterocycles. The summed E-state index contributed by atoms with van der Waals surface area (Å²) in [4.78, 5) is 24.5. The predicted molar refractivity (Wildman–Crippen MR) is 68.7 cm³/mol. The van der Waals surface area contributed by atoms with Gasteiger partial charge in [0.15, 0.2) is 11.6 Å². The lowest BCUT2D eigenvalue weighted by Crippen LogP contribution is -2.22. The van der Waals surface area contributed by atoms with Gasteiger partial charge in [-0.2, -0.15) is 0 Å². The minimum atomic E-state index is -0.198. The SMILES string of the molecule is C/C=C1/C(=O)c2ccccc2C(=O)/C1=C/C=CO. The van der Waals surface area contributed by atoms with Crippen LogP contribution in [0.4, 0.5) is 0 Å². The maximum atomic E-state index is 12.3. The first kappa shape index (κ1) is 12.0. The first-order chi connectivity index (χ1) is 8.70. The fourth-order valence-corrected chi connectivity index (χ4v) is 2.01. The molecule has 0 saturated heterocycles. The first-order valence-corrected chi connectivity index (χ1v) is 5.57. The maximum Gasteiger partial charge on any atom is 0.194 e.